The third-order valence-electron chi connectivity index (χ3n) is 3.29. The van der Waals surface area contributed by atoms with Gasteiger partial charge in [0.2, 0.25) is 0 Å². The van der Waals surface area contributed by atoms with E-state index in [0.717, 1.165) is 12.8 Å². The Bertz CT molecular complexity index is 299. The van der Waals surface area contributed by atoms with Crippen molar-refractivity contribution >= 4 is 12.1 Å². The molecule has 0 heterocycles. The summed E-state index contributed by atoms with van der Waals surface area (Å²) in [5, 5.41) is 8.87. The molecule has 0 bridgehead atoms. The van der Waals surface area contributed by atoms with Crippen LogP contribution in [0.2, 0.25) is 0 Å². The van der Waals surface area contributed by atoms with E-state index in [1.54, 1.807) is 13.8 Å². The molecule has 1 aliphatic rings. The van der Waals surface area contributed by atoms with E-state index in [2.05, 4.69) is 0 Å². The second kappa shape index (κ2) is 7.99. The number of carboxylic acid groups (broad SMARTS) is 1. The first-order valence-corrected chi connectivity index (χ1v) is 6.82. The third kappa shape index (κ3) is 5.92. The average Bonchev–Trinajstić information content (AvgIpc) is 2.37. The molecule has 6 nitrogen and oxygen atoms in total. The molecular weight excluding hydrogens is 250 g/mol. The monoisotopic (exact) mass is 273 g/mol. The maximum atomic E-state index is 11.4. The molecule has 19 heavy (non-hydrogen) atoms. The average molecular weight is 273 g/mol. The Morgan fingerprint density at radius 2 is 1.89 bits per heavy atom. The van der Waals surface area contributed by atoms with Crippen LogP contribution >= 0.6 is 0 Å². The van der Waals surface area contributed by atoms with Crippen LogP contribution in [0.15, 0.2) is 0 Å². The summed E-state index contributed by atoms with van der Waals surface area (Å²) >= 11 is 0. The largest absolute Gasteiger partial charge is 0.479 e. The number of carboxylic acids is 1. The first-order valence-electron chi connectivity index (χ1n) is 6.82. The van der Waals surface area contributed by atoms with E-state index in [4.69, 9.17) is 14.7 Å². The van der Waals surface area contributed by atoms with Gasteiger partial charge in [-0.3, -0.25) is 4.84 Å². The van der Waals surface area contributed by atoms with Crippen LogP contribution in [-0.2, 0) is 14.4 Å². The minimum atomic E-state index is -1.11. The van der Waals surface area contributed by atoms with Gasteiger partial charge in [0.1, 0.15) is 0 Å². The Labute approximate surface area is 113 Å². The number of hydrogen-bond acceptors (Lipinski definition) is 4. The predicted molar refractivity (Wildman–Crippen MR) is 68.4 cm³/mol. The Kier molecular flexibility index (Phi) is 6.62. The molecule has 0 radical (unpaired) electrons. The molecule has 0 aromatic heterocycles. The molecule has 0 aliphatic heterocycles. The maximum Gasteiger partial charge on any atom is 0.431 e. The van der Waals surface area contributed by atoms with Crippen molar-refractivity contribution in [3.63, 3.8) is 0 Å². The zero-order chi connectivity index (χ0) is 14.3. The highest BCUT2D eigenvalue weighted by molar-refractivity contribution is 5.73. The molecule has 1 atom stereocenters. The van der Waals surface area contributed by atoms with Crippen molar-refractivity contribution in [1.29, 1.82) is 0 Å². The van der Waals surface area contributed by atoms with Crippen molar-refractivity contribution in [3.8, 4) is 0 Å². The molecule has 2 N–H and O–H groups in total. The van der Waals surface area contributed by atoms with Gasteiger partial charge in [-0.15, -0.1) is 0 Å². The van der Waals surface area contributed by atoms with Gasteiger partial charge in [-0.2, -0.15) is 5.48 Å². The van der Waals surface area contributed by atoms with Gasteiger partial charge in [0, 0.05) is 0 Å². The van der Waals surface area contributed by atoms with Crippen molar-refractivity contribution in [1.82, 2.24) is 5.48 Å². The molecular formula is C13H23NO5. The molecule has 1 saturated carbocycles. The molecule has 1 fully saturated rings. The quantitative estimate of drug-likeness (QED) is 0.725. The van der Waals surface area contributed by atoms with Crippen molar-refractivity contribution < 1.29 is 24.3 Å². The van der Waals surface area contributed by atoms with E-state index in [1.165, 1.54) is 19.3 Å². The normalized spacial score (nSPS) is 18.1. The molecule has 0 saturated heterocycles. The molecule has 110 valence electrons. The van der Waals surface area contributed by atoms with Gasteiger partial charge in [-0.25, -0.2) is 9.59 Å². The lowest BCUT2D eigenvalue weighted by atomic mass is 9.90. The highest BCUT2D eigenvalue weighted by Crippen LogP contribution is 2.23. The number of carbonyl (C=O) groups is 2. The second-order valence-corrected chi connectivity index (χ2v) is 5.33. The number of nitrogens with one attached hydrogen (secondary N) is 1. The van der Waals surface area contributed by atoms with E-state index >= 15 is 0 Å². The van der Waals surface area contributed by atoms with E-state index in [1.807, 2.05) is 5.48 Å². The fraction of sp³-hybridized carbons (Fsp3) is 0.846. The van der Waals surface area contributed by atoms with Gasteiger partial charge in [-0.1, -0.05) is 33.1 Å². The summed E-state index contributed by atoms with van der Waals surface area (Å²) in [4.78, 5) is 27.1. The Morgan fingerprint density at radius 3 is 2.42 bits per heavy atom. The lowest BCUT2D eigenvalue weighted by Crippen LogP contribution is -2.38. The second-order valence-electron chi connectivity index (χ2n) is 5.33. The summed E-state index contributed by atoms with van der Waals surface area (Å²) in [5.74, 6) is -0.932. The van der Waals surface area contributed by atoms with Crippen LogP contribution in [0.4, 0.5) is 4.79 Å². The zero-order valence-electron chi connectivity index (χ0n) is 11.6. The van der Waals surface area contributed by atoms with E-state index in [9.17, 15) is 9.59 Å². The van der Waals surface area contributed by atoms with E-state index in [-0.39, 0.29) is 5.92 Å². The smallest absolute Gasteiger partial charge is 0.431 e. The maximum absolute atomic E-state index is 11.4. The number of amides is 1. The van der Waals surface area contributed by atoms with Crippen molar-refractivity contribution in [2.45, 2.75) is 52.1 Å². The predicted octanol–water partition coefficient (Wildman–Crippen LogP) is 2.33. The van der Waals surface area contributed by atoms with E-state index in [0.29, 0.717) is 12.5 Å². The van der Waals surface area contributed by atoms with Crippen LogP contribution in [0, 0.1) is 11.8 Å². The van der Waals surface area contributed by atoms with Gasteiger partial charge in [-0.05, 0) is 24.7 Å². The van der Waals surface area contributed by atoms with Gasteiger partial charge >= 0.3 is 12.1 Å². The van der Waals surface area contributed by atoms with Gasteiger partial charge in [0.15, 0.2) is 6.10 Å². The Balaban J connectivity index is 2.21. The molecule has 0 spiro atoms. The number of aliphatic carboxylic acids is 1. The summed E-state index contributed by atoms with van der Waals surface area (Å²) in [6.07, 6.45) is 3.98. The van der Waals surface area contributed by atoms with Crippen molar-refractivity contribution in [3.05, 3.63) is 0 Å². The minimum Gasteiger partial charge on any atom is -0.479 e. The van der Waals surface area contributed by atoms with Gasteiger partial charge in [0.25, 0.3) is 0 Å². The van der Waals surface area contributed by atoms with Gasteiger partial charge < -0.3 is 9.84 Å². The number of ether oxygens (including phenoxy) is 1. The third-order valence-corrected chi connectivity index (χ3v) is 3.29. The first-order chi connectivity index (χ1) is 9.00. The van der Waals surface area contributed by atoms with Crippen LogP contribution in [0.3, 0.4) is 0 Å². The van der Waals surface area contributed by atoms with Gasteiger partial charge in [0.05, 0.1) is 6.61 Å². The Hall–Kier alpha value is -1.30. The topological polar surface area (TPSA) is 84.9 Å². The molecule has 1 amide bonds. The standard InChI is InChI=1S/C13H23NO5/c1-9(2)11(12(15)16)19-14-13(17)18-8-10-6-4-3-5-7-10/h9-11H,3-8H2,1-2H3,(H,14,17)(H,15,16)/t11-/m1/s1. The molecule has 0 aromatic rings. The zero-order valence-corrected chi connectivity index (χ0v) is 11.6. The summed E-state index contributed by atoms with van der Waals surface area (Å²) in [7, 11) is 0. The van der Waals surface area contributed by atoms with Crippen molar-refractivity contribution in [2.24, 2.45) is 11.8 Å². The van der Waals surface area contributed by atoms with Crippen LogP contribution in [0.5, 0.6) is 0 Å². The summed E-state index contributed by atoms with van der Waals surface area (Å²) in [6, 6.07) is 0. The fourth-order valence-corrected chi connectivity index (χ4v) is 2.16. The summed E-state index contributed by atoms with van der Waals surface area (Å²) < 4.78 is 5.02. The first kappa shape index (κ1) is 15.8. The number of rotatable bonds is 6. The number of hydroxylamine groups is 1. The minimum absolute atomic E-state index is 0.240. The molecule has 0 unspecified atom stereocenters. The summed E-state index contributed by atoms with van der Waals surface area (Å²) in [6.45, 7) is 3.77. The number of carbonyl (C=O) groups excluding carboxylic acids is 1. The molecule has 6 heteroatoms. The Morgan fingerprint density at radius 1 is 1.26 bits per heavy atom. The lowest BCUT2D eigenvalue weighted by Gasteiger charge is -2.21. The highest BCUT2D eigenvalue weighted by atomic mass is 16.7. The highest BCUT2D eigenvalue weighted by Gasteiger charge is 2.24. The van der Waals surface area contributed by atoms with Crippen molar-refractivity contribution in [2.75, 3.05) is 6.61 Å². The van der Waals surface area contributed by atoms with Crippen LogP contribution in [0.1, 0.15) is 46.0 Å². The SMILES string of the molecule is CC(C)[C@@H](ONC(=O)OCC1CCCCC1)C(=O)O. The van der Waals surface area contributed by atoms with E-state index < -0.39 is 18.2 Å². The number of hydrogen-bond donors (Lipinski definition) is 2. The fourth-order valence-electron chi connectivity index (χ4n) is 2.16. The van der Waals surface area contributed by atoms with Crippen LogP contribution in [-0.4, -0.2) is 29.9 Å². The molecule has 0 aromatic carbocycles. The lowest BCUT2D eigenvalue weighted by molar-refractivity contribution is -0.158. The summed E-state index contributed by atoms with van der Waals surface area (Å²) in [5.41, 5.74) is 2.04. The molecule has 1 aliphatic carbocycles. The van der Waals surface area contributed by atoms with Crippen LogP contribution in [0.25, 0.3) is 0 Å². The van der Waals surface area contributed by atoms with Crippen LogP contribution < -0.4 is 5.48 Å². The molecule has 1 rings (SSSR count).